The first-order valence-corrected chi connectivity index (χ1v) is 12.2. The van der Waals surface area contributed by atoms with E-state index in [-0.39, 0.29) is 28.2 Å². The topological polar surface area (TPSA) is 77.8 Å². The molecule has 2 aromatic rings. The number of hydrogen-bond donors (Lipinski definition) is 3. The molecule has 178 valence electrons. The molecule has 3 N–H and O–H groups in total. The molecule has 0 saturated heterocycles. The van der Waals surface area contributed by atoms with Crippen LogP contribution < -0.4 is 0 Å². The van der Waals surface area contributed by atoms with Gasteiger partial charge >= 0.3 is 5.97 Å². The standard InChI is InChI=1S/C29H38O4/c1-17-7-8-21-19(3)25(31)23(30)15-22(21)20(17)10-12-29(6)18(2)9-11-27(4)13-14-28(5,26(32)33)16-24(27)29/h7-8,15,24,30-31H,2,9-14,16H2,1,3-6H3,(H,32,33)/t24?,27-,28+,29+/m0/s1. The van der Waals surface area contributed by atoms with Crippen molar-refractivity contribution in [2.75, 3.05) is 0 Å². The van der Waals surface area contributed by atoms with E-state index in [1.807, 2.05) is 19.9 Å². The van der Waals surface area contributed by atoms with E-state index in [4.69, 9.17) is 0 Å². The monoisotopic (exact) mass is 450 g/mol. The van der Waals surface area contributed by atoms with Crippen LogP contribution in [-0.4, -0.2) is 21.3 Å². The molecule has 0 amide bonds. The Morgan fingerprint density at radius 1 is 1.09 bits per heavy atom. The van der Waals surface area contributed by atoms with E-state index >= 15 is 0 Å². The van der Waals surface area contributed by atoms with Crippen molar-refractivity contribution in [3.05, 3.63) is 47.0 Å². The zero-order valence-electron chi connectivity index (χ0n) is 20.7. The van der Waals surface area contributed by atoms with Crippen molar-refractivity contribution in [2.45, 2.75) is 79.6 Å². The summed E-state index contributed by atoms with van der Waals surface area (Å²) in [5, 5.41) is 32.4. The number of hydrogen-bond acceptors (Lipinski definition) is 3. The number of carbonyl (C=O) groups is 1. The van der Waals surface area contributed by atoms with E-state index in [0.717, 1.165) is 49.3 Å². The number of carboxylic acids is 1. The van der Waals surface area contributed by atoms with Crippen molar-refractivity contribution < 1.29 is 20.1 Å². The largest absolute Gasteiger partial charge is 0.504 e. The molecule has 0 heterocycles. The number of fused-ring (bicyclic) bond motifs is 2. The van der Waals surface area contributed by atoms with Crippen LogP contribution in [0.1, 0.15) is 76.0 Å². The minimum atomic E-state index is -0.682. The van der Waals surface area contributed by atoms with Gasteiger partial charge in [-0.15, -0.1) is 0 Å². The number of allylic oxidation sites excluding steroid dienone is 1. The lowest BCUT2D eigenvalue weighted by molar-refractivity contribution is -0.157. The molecule has 2 aliphatic carbocycles. The Labute approximate surface area is 197 Å². The molecule has 0 aliphatic heterocycles. The zero-order chi connectivity index (χ0) is 24.3. The summed E-state index contributed by atoms with van der Waals surface area (Å²) in [6.45, 7) is 15.0. The Morgan fingerprint density at radius 3 is 2.45 bits per heavy atom. The maximum atomic E-state index is 12.1. The van der Waals surface area contributed by atoms with E-state index < -0.39 is 11.4 Å². The lowest BCUT2D eigenvalue weighted by Gasteiger charge is -2.59. The van der Waals surface area contributed by atoms with Crippen LogP contribution in [0.3, 0.4) is 0 Å². The summed E-state index contributed by atoms with van der Waals surface area (Å²) in [6, 6.07) is 5.79. The smallest absolute Gasteiger partial charge is 0.309 e. The van der Waals surface area contributed by atoms with Crippen LogP contribution >= 0.6 is 0 Å². The van der Waals surface area contributed by atoms with Crippen molar-refractivity contribution in [2.24, 2.45) is 22.2 Å². The van der Waals surface area contributed by atoms with Gasteiger partial charge in [0.2, 0.25) is 0 Å². The maximum absolute atomic E-state index is 12.1. The Balaban J connectivity index is 1.74. The summed E-state index contributed by atoms with van der Waals surface area (Å²) < 4.78 is 0. The number of aliphatic carboxylic acids is 1. The third-order valence-electron chi connectivity index (χ3n) is 9.60. The molecule has 0 bridgehead atoms. The summed E-state index contributed by atoms with van der Waals surface area (Å²) >= 11 is 0. The lowest BCUT2D eigenvalue weighted by Crippen LogP contribution is -2.52. The van der Waals surface area contributed by atoms with Gasteiger partial charge in [0.05, 0.1) is 5.41 Å². The molecule has 1 unspecified atom stereocenters. The molecule has 4 atom stereocenters. The van der Waals surface area contributed by atoms with Gasteiger partial charge in [-0.3, -0.25) is 4.79 Å². The fourth-order valence-electron chi connectivity index (χ4n) is 6.85. The summed E-state index contributed by atoms with van der Waals surface area (Å²) in [7, 11) is 0. The van der Waals surface area contributed by atoms with Crippen molar-refractivity contribution >= 4 is 16.7 Å². The maximum Gasteiger partial charge on any atom is 0.309 e. The predicted octanol–water partition coefficient (Wildman–Crippen LogP) is 7.05. The van der Waals surface area contributed by atoms with E-state index in [1.165, 1.54) is 16.7 Å². The number of aromatic hydroxyl groups is 2. The molecule has 33 heavy (non-hydrogen) atoms. The van der Waals surface area contributed by atoms with Gasteiger partial charge in [0.15, 0.2) is 11.5 Å². The highest BCUT2D eigenvalue weighted by Crippen LogP contribution is 2.64. The third-order valence-corrected chi connectivity index (χ3v) is 9.60. The molecule has 2 saturated carbocycles. The average Bonchev–Trinajstić information content (AvgIpc) is 2.76. The van der Waals surface area contributed by atoms with E-state index in [2.05, 4.69) is 33.4 Å². The van der Waals surface area contributed by atoms with Crippen LogP contribution in [0, 0.1) is 36.0 Å². The fourth-order valence-corrected chi connectivity index (χ4v) is 6.85. The first-order valence-electron chi connectivity index (χ1n) is 12.2. The van der Waals surface area contributed by atoms with Crippen LogP contribution in [0.15, 0.2) is 30.4 Å². The molecular weight excluding hydrogens is 412 g/mol. The Hall–Kier alpha value is -2.49. The summed E-state index contributed by atoms with van der Waals surface area (Å²) in [6.07, 6.45) is 6.17. The van der Waals surface area contributed by atoms with Gasteiger partial charge in [0, 0.05) is 5.56 Å². The Bertz CT molecular complexity index is 1150. The Kier molecular flexibility index (Phi) is 5.58. The van der Waals surface area contributed by atoms with Crippen molar-refractivity contribution in [3.8, 4) is 11.5 Å². The second-order valence-electron chi connectivity index (χ2n) is 11.6. The number of rotatable bonds is 4. The molecule has 2 aromatic carbocycles. The SMILES string of the molecule is C=C1CC[C@@]2(C)CC[C@@](C)(C(=O)O)CC2[C@]1(C)CCc1c(C)ccc2c(C)c(O)c(O)cc12. The highest BCUT2D eigenvalue weighted by molar-refractivity contribution is 5.93. The highest BCUT2D eigenvalue weighted by Gasteiger charge is 2.56. The quantitative estimate of drug-likeness (QED) is 0.344. The van der Waals surface area contributed by atoms with Crippen molar-refractivity contribution in [1.29, 1.82) is 0 Å². The summed E-state index contributed by atoms with van der Waals surface area (Å²) in [4.78, 5) is 12.1. The zero-order valence-corrected chi connectivity index (χ0v) is 20.7. The van der Waals surface area contributed by atoms with Gasteiger partial charge in [0.25, 0.3) is 0 Å². The van der Waals surface area contributed by atoms with Crippen LogP contribution in [0.4, 0.5) is 0 Å². The van der Waals surface area contributed by atoms with Gasteiger partial charge in [0.1, 0.15) is 0 Å². The van der Waals surface area contributed by atoms with E-state index in [1.54, 1.807) is 6.07 Å². The first-order chi connectivity index (χ1) is 15.3. The number of carboxylic acid groups (broad SMARTS) is 1. The average molecular weight is 451 g/mol. The summed E-state index contributed by atoms with van der Waals surface area (Å²) in [5.74, 6) is -0.553. The Morgan fingerprint density at radius 2 is 1.79 bits per heavy atom. The van der Waals surface area contributed by atoms with Crippen LogP contribution in [-0.2, 0) is 11.2 Å². The number of benzene rings is 2. The minimum Gasteiger partial charge on any atom is -0.504 e. The first kappa shape index (κ1) is 23.7. The summed E-state index contributed by atoms with van der Waals surface area (Å²) in [5.41, 5.74) is 3.60. The second-order valence-corrected chi connectivity index (χ2v) is 11.6. The number of aryl methyl sites for hydroxylation is 3. The van der Waals surface area contributed by atoms with Gasteiger partial charge in [-0.1, -0.05) is 38.1 Å². The molecule has 0 aromatic heterocycles. The molecule has 0 radical (unpaired) electrons. The number of phenolic OH excluding ortho intramolecular Hbond substituents is 2. The minimum absolute atomic E-state index is 0.0594. The van der Waals surface area contributed by atoms with Gasteiger partial charge in [-0.05, 0) is 110 Å². The van der Waals surface area contributed by atoms with Gasteiger partial charge in [-0.25, -0.2) is 0 Å². The fraction of sp³-hybridized carbons (Fsp3) is 0.552. The van der Waals surface area contributed by atoms with Crippen LogP contribution in [0.2, 0.25) is 0 Å². The van der Waals surface area contributed by atoms with Gasteiger partial charge < -0.3 is 15.3 Å². The normalized spacial score (nSPS) is 32.0. The predicted molar refractivity (Wildman–Crippen MR) is 133 cm³/mol. The van der Waals surface area contributed by atoms with E-state index in [9.17, 15) is 20.1 Å². The second kappa shape index (κ2) is 7.78. The molecule has 4 heteroatoms. The molecule has 2 aliphatic rings. The van der Waals surface area contributed by atoms with Crippen LogP contribution in [0.25, 0.3) is 10.8 Å². The van der Waals surface area contributed by atoms with Gasteiger partial charge in [-0.2, -0.15) is 0 Å². The van der Waals surface area contributed by atoms with Crippen molar-refractivity contribution in [3.63, 3.8) is 0 Å². The number of phenols is 2. The van der Waals surface area contributed by atoms with Crippen molar-refractivity contribution in [1.82, 2.24) is 0 Å². The third kappa shape index (κ3) is 3.62. The molecule has 4 nitrogen and oxygen atoms in total. The molecular formula is C29H38O4. The molecule has 4 rings (SSSR count). The molecule has 2 fully saturated rings. The van der Waals surface area contributed by atoms with Crippen LogP contribution in [0.5, 0.6) is 11.5 Å². The molecule has 0 spiro atoms. The van der Waals surface area contributed by atoms with E-state index in [0.29, 0.717) is 12.0 Å². The highest BCUT2D eigenvalue weighted by atomic mass is 16.4. The lowest BCUT2D eigenvalue weighted by atomic mass is 9.45.